The number of nitriles is 1. The molecule has 0 N–H and O–H groups in total. The number of hydrogen-bond donors (Lipinski definition) is 0. The maximum atomic E-state index is 12.9. The van der Waals surface area contributed by atoms with E-state index in [1.165, 1.54) is 27.9 Å². The zero-order valence-corrected chi connectivity index (χ0v) is 15.5. The molecule has 1 aromatic carbocycles. The molecule has 2 atom stereocenters. The Labute approximate surface area is 162 Å². The molecule has 3 aromatic heterocycles. The van der Waals surface area contributed by atoms with E-state index >= 15 is 0 Å². The lowest BCUT2D eigenvalue weighted by molar-refractivity contribution is 0.354. The summed E-state index contributed by atoms with van der Waals surface area (Å²) in [6.45, 7) is 3.77. The lowest BCUT2D eigenvalue weighted by atomic mass is 10.1. The number of hydrogen-bond acceptors (Lipinski definition) is 10. The van der Waals surface area contributed by atoms with Crippen LogP contribution in [0.2, 0.25) is 0 Å². The number of rotatable bonds is 5. The van der Waals surface area contributed by atoms with Gasteiger partial charge in [-0.15, -0.1) is 20.4 Å². The molecule has 13 nitrogen and oxygen atoms in total. The Morgan fingerprint density at radius 2 is 1.55 bits per heavy atom. The van der Waals surface area contributed by atoms with Crippen LogP contribution in [0.25, 0.3) is 21.8 Å². The molecule has 0 aliphatic carbocycles. The fraction of sp³-hybridized carbons (Fsp3) is 0.375. The molecule has 0 saturated heterocycles. The van der Waals surface area contributed by atoms with Crippen LogP contribution in [0, 0.1) is 11.3 Å². The zero-order chi connectivity index (χ0) is 20.5. The van der Waals surface area contributed by atoms with Crippen molar-refractivity contribution in [1.82, 2.24) is 50.2 Å². The average molecular weight is 393 g/mol. The lowest BCUT2D eigenvalue weighted by Crippen LogP contribution is -2.30. The summed E-state index contributed by atoms with van der Waals surface area (Å²) in [5.41, 5.74) is -0.246. The summed E-state index contributed by atoms with van der Waals surface area (Å²) in [6, 6.07) is 4.15. The van der Waals surface area contributed by atoms with E-state index in [2.05, 4.69) is 36.0 Å². The standard InChI is InChI=1S/C16H15N11O2/c1-9(3-4-17)26-15(28)11-5-14-12(6-13(11)20-23-26)16(29)27(24-21-14)10(2)7-25-19-8-18-22-25/h5-6,8-10H,3,7H2,1-2H3. The second-order valence-corrected chi connectivity index (χ2v) is 6.62. The molecule has 0 aliphatic rings. The molecule has 0 fully saturated rings. The van der Waals surface area contributed by atoms with Gasteiger partial charge in [-0.2, -0.15) is 10.1 Å². The van der Waals surface area contributed by atoms with Gasteiger partial charge in [0.25, 0.3) is 11.1 Å². The summed E-state index contributed by atoms with van der Waals surface area (Å²) in [4.78, 5) is 27.0. The van der Waals surface area contributed by atoms with Crippen molar-refractivity contribution in [3.8, 4) is 6.07 Å². The van der Waals surface area contributed by atoms with Crippen LogP contribution in [-0.4, -0.2) is 50.2 Å². The maximum Gasteiger partial charge on any atom is 0.277 e. The quantitative estimate of drug-likeness (QED) is 0.408. The lowest BCUT2D eigenvalue weighted by Gasteiger charge is -2.13. The average Bonchev–Trinajstić information content (AvgIpc) is 3.21. The number of nitrogens with zero attached hydrogens (tertiary/aromatic N) is 11. The summed E-state index contributed by atoms with van der Waals surface area (Å²) in [7, 11) is 0. The molecule has 0 amide bonds. The Kier molecular flexibility index (Phi) is 4.51. The first-order valence-electron chi connectivity index (χ1n) is 8.75. The Morgan fingerprint density at radius 1 is 0.966 bits per heavy atom. The second-order valence-electron chi connectivity index (χ2n) is 6.62. The predicted molar refractivity (Wildman–Crippen MR) is 98.6 cm³/mol. The minimum atomic E-state index is -0.426. The van der Waals surface area contributed by atoms with Gasteiger partial charge in [0.1, 0.15) is 11.0 Å². The molecule has 3 heterocycles. The van der Waals surface area contributed by atoms with Crippen LogP contribution in [0.4, 0.5) is 0 Å². The van der Waals surface area contributed by atoms with Gasteiger partial charge in [-0.1, -0.05) is 10.4 Å². The van der Waals surface area contributed by atoms with Crippen molar-refractivity contribution in [2.75, 3.05) is 0 Å². The van der Waals surface area contributed by atoms with E-state index in [4.69, 9.17) is 5.26 Å². The first-order chi connectivity index (χ1) is 14.0. The summed E-state index contributed by atoms with van der Waals surface area (Å²) in [6.07, 6.45) is 1.42. The van der Waals surface area contributed by atoms with Gasteiger partial charge in [-0.05, 0) is 31.2 Å². The molecule has 4 aromatic rings. The van der Waals surface area contributed by atoms with Crippen molar-refractivity contribution in [3.63, 3.8) is 0 Å². The van der Waals surface area contributed by atoms with Gasteiger partial charge < -0.3 is 0 Å². The highest BCUT2D eigenvalue weighted by Gasteiger charge is 2.17. The minimum absolute atomic E-state index is 0.122. The van der Waals surface area contributed by atoms with Crippen molar-refractivity contribution in [2.24, 2.45) is 0 Å². The number of tetrazole rings is 1. The van der Waals surface area contributed by atoms with E-state index in [-0.39, 0.29) is 46.4 Å². The third-order valence-electron chi connectivity index (χ3n) is 4.53. The van der Waals surface area contributed by atoms with Crippen molar-refractivity contribution in [3.05, 3.63) is 39.2 Å². The molecule has 13 heteroatoms. The van der Waals surface area contributed by atoms with Crippen LogP contribution >= 0.6 is 0 Å². The monoisotopic (exact) mass is 393 g/mol. The van der Waals surface area contributed by atoms with E-state index in [0.717, 1.165) is 4.68 Å². The molecule has 146 valence electrons. The van der Waals surface area contributed by atoms with Crippen molar-refractivity contribution in [2.45, 2.75) is 38.9 Å². The van der Waals surface area contributed by atoms with Gasteiger partial charge in [0.15, 0.2) is 6.33 Å². The molecule has 0 bridgehead atoms. The summed E-state index contributed by atoms with van der Waals surface area (Å²) in [5.74, 6) is 0. The fourth-order valence-electron chi connectivity index (χ4n) is 2.99. The fourth-order valence-corrected chi connectivity index (χ4v) is 2.99. The summed E-state index contributed by atoms with van der Waals surface area (Å²) < 4.78 is 2.38. The van der Waals surface area contributed by atoms with Gasteiger partial charge in [-0.25, -0.2) is 9.36 Å². The molecule has 2 unspecified atom stereocenters. The van der Waals surface area contributed by atoms with Crippen LogP contribution in [0.3, 0.4) is 0 Å². The van der Waals surface area contributed by atoms with Crippen molar-refractivity contribution >= 4 is 21.8 Å². The van der Waals surface area contributed by atoms with E-state index in [0.29, 0.717) is 0 Å². The summed E-state index contributed by atoms with van der Waals surface area (Å²) >= 11 is 0. The van der Waals surface area contributed by atoms with Gasteiger partial charge >= 0.3 is 0 Å². The normalized spacial score (nSPS) is 13.4. The molecule has 0 radical (unpaired) electrons. The third-order valence-corrected chi connectivity index (χ3v) is 4.53. The van der Waals surface area contributed by atoms with Gasteiger partial charge in [-0.3, -0.25) is 9.59 Å². The third kappa shape index (κ3) is 3.20. The molecule has 0 saturated carbocycles. The molecule has 4 rings (SSSR count). The molecular formula is C16H15N11O2. The Bertz CT molecular complexity index is 1350. The van der Waals surface area contributed by atoms with E-state index in [1.54, 1.807) is 13.8 Å². The molecule has 0 aliphatic heterocycles. The number of aromatic nitrogens is 10. The summed E-state index contributed by atoms with van der Waals surface area (Å²) in [5, 5.41) is 36.7. The Morgan fingerprint density at radius 3 is 2.07 bits per heavy atom. The highest BCUT2D eigenvalue weighted by atomic mass is 16.1. The van der Waals surface area contributed by atoms with Crippen LogP contribution in [-0.2, 0) is 6.54 Å². The van der Waals surface area contributed by atoms with Gasteiger partial charge in [0, 0.05) is 0 Å². The first-order valence-corrected chi connectivity index (χ1v) is 8.75. The largest absolute Gasteiger partial charge is 0.277 e. The van der Waals surface area contributed by atoms with Crippen molar-refractivity contribution in [1.29, 1.82) is 5.26 Å². The van der Waals surface area contributed by atoms with Crippen LogP contribution in [0.5, 0.6) is 0 Å². The molecule has 0 spiro atoms. The smallest absolute Gasteiger partial charge is 0.267 e. The SMILES string of the molecule is CC(CC#N)n1nnc2cc3c(=O)n(C(C)Cn4ncnn4)nnc3cc2c1=O. The van der Waals surface area contributed by atoms with E-state index in [1.807, 2.05) is 6.07 Å². The Hall–Kier alpha value is -4.08. The first kappa shape index (κ1) is 18.3. The van der Waals surface area contributed by atoms with Crippen LogP contribution < -0.4 is 11.1 Å². The van der Waals surface area contributed by atoms with E-state index in [9.17, 15) is 9.59 Å². The topological polar surface area (TPSA) is 163 Å². The van der Waals surface area contributed by atoms with Crippen LogP contribution in [0.15, 0.2) is 28.0 Å². The Balaban J connectivity index is 1.82. The zero-order valence-electron chi connectivity index (χ0n) is 15.5. The molecular weight excluding hydrogens is 378 g/mol. The second kappa shape index (κ2) is 7.15. The number of benzene rings is 1. The highest BCUT2D eigenvalue weighted by molar-refractivity contribution is 5.93. The van der Waals surface area contributed by atoms with Gasteiger partial charge in [0.05, 0.1) is 41.9 Å². The highest BCUT2D eigenvalue weighted by Crippen LogP contribution is 2.15. The van der Waals surface area contributed by atoms with Crippen LogP contribution in [0.1, 0.15) is 32.4 Å². The molecule has 29 heavy (non-hydrogen) atoms. The van der Waals surface area contributed by atoms with Gasteiger partial charge in [0.2, 0.25) is 0 Å². The maximum absolute atomic E-state index is 12.9. The number of fused-ring (bicyclic) bond motifs is 2. The minimum Gasteiger partial charge on any atom is -0.267 e. The predicted octanol–water partition coefficient (Wildman–Crippen LogP) is -0.381. The van der Waals surface area contributed by atoms with Crippen molar-refractivity contribution < 1.29 is 0 Å². The van der Waals surface area contributed by atoms with E-state index < -0.39 is 11.6 Å².